The lowest BCUT2D eigenvalue weighted by atomic mass is 10.2. The SMILES string of the molecule is Cc1nc(SCc2cccc(S(=O)(=O)N(C)C)c2)n(C2CCCC2)c1C. The maximum absolute atomic E-state index is 12.3. The van der Waals surface area contributed by atoms with E-state index in [-0.39, 0.29) is 0 Å². The van der Waals surface area contributed by atoms with Crippen LogP contribution in [-0.2, 0) is 15.8 Å². The largest absolute Gasteiger partial charge is 0.320 e. The molecule has 1 aliphatic rings. The molecule has 3 rings (SSSR count). The molecule has 0 spiro atoms. The van der Waals surface area contributed by atoms with Crippen LogP contribution in [0.3, 0.4) is 0 Å². The third kappa shape index (κ3) is 3.85. The highest BCUT2D eigenvalue weighted by Gasteiger charge is 2.23. The molecule has 0 aliphatic heterocycles. The number of nitrogens with zero attached hydrogens (tertiary/aromatic N) is 3. The number of sulfonamides is 1. The highest BCUT2D eigenvalue weighted by atomic mass is 32.2. The third-order valence-corrected chi connectivity index (χ3v) is 7.92. The fourth-order valence-electron chi connectivity index (χ4n) is 3.44. The number of aryl methyl sites for hydroxylation is 1. The van der Waals surface area contributed by atoms with Crippen molar-refractivity contribution in [2.24, 2.45) is 0 Å². The summed E-state index contributed by atoms with van der Waals surface area (Å²) >= 11 is 1.69. The van der Waals surface area contributed by atoms with Crippen molar-refractivity contribution in [2.45, 2.75) is 61.4 Å². The zero-order chi connectivity index (χ0) is 18.9. The Morgan fingerprint density at radius 1 is 1.23 bits per heavy atom. The first kappa shape index (κ1) is 19.5. The summed E-state index contributed by atoms with van der Waals surface area (Å²) in [7, 11) is -0.290. The molecule has 0 amide bonds. The second-order valence-electron chi connectivity index (χ2n) is 7.10. The van der Waals surface area contributed by atoms with Crippen LogP contribution in [0.1, 0.15) is 48.7 Å². The molecule has 1 heterocycles. The summed E-state index contributed by atoms with van der Waals surface area (Å²) in [5, 5.41) is 1.05. The van der Waals surface area contributed by atoms with Gasteiger partial charge in [-0.05, 0) is 44.4 Å². The summed E-state index contributed by atoms with van der Waals surface area (Å²) in [4.78, 5) is 5.11. The van der Waals surface area contributed by atoms with Crippen LogP contribution < -0.4 is 0 Å². The molecule has 142 valence electrons. The second-order valence-corrected chi connectivity index (χ2v) is 10.2. The van der Waals surface area contributed by atoms with Gasteiger partial charge in [0.25, 0.3) is 0 Å². The van der Waals surface area contributed by atoms with Crippen molar-refractivity contribution in [3.05, 3.63) is 41.2 Å². The van der Waals surface area contributed by atoms with E-state index in [2.05, 4.69) is 18.4 Å². The van der Waals surface area contributed by atoms with Crippen LogP contribution in [0.25, 0.3) is 0 Å². The molecule has 0 atom stereocenters. The van der Waals surface area contributed by atoms with Gasteiger partial charge in [0.15, 0.2) is 5.16 Å². The Labute approximate surface area is 160 Å². The Kier molecular flexibility index (Phi) is 5.79. The molecule has 1 aromatic heterocycles. The number of rotatable bonds is 6. The Morgan fingerprint density at radius 2 is 1.92 bits per heavy atom. The van der Waals surface area contributed by atoms with Crippen LogP contribution >= 0.6 is 11.8 Å². The summed E-state index contributed by atoms with van der Waals surface area (Å²) in [5.41, 5.74) is 3.33. The number of imidazole rings is 1. The van der Waals surface area contributed by atoms with Crippen LogP contribution in [0.2, 0.25) is 0 Å². The van der Waals surface area contributed by atoms with Gasteiger partial charge in [-0.25, -0.2) is 17.7 Å². The molecule has 26 heavy (non-hydrogen) atoms. The van der Waals surface area contributed by atoms with Crippen molar-refractivity contribution in [3.63, 3.8) is 0 Å². The molecule has 5 nitrogen and oxygen atoms in total. The zero-order valence-corrected chi connectivity index (χ0v) is 17.5. The van der Waals surface area contributed by atoms with Gasteiger partial charge in [0, 0.05) is 31.6 Å². The van der Waals surface area contributed by atoms with E-state index in [1.54, 1.807) is 38.0 Å². The number of aromatic nitrogens is 2. The van der Waals surface area contributed by atoms with Crippen molar-refractivity contribution in [1.29, 1.82) is 0 Å². The molecule has 1 fully saturated rings. The lowest BCUT2D eigenvalue weighted by molar-refractivity contribution is 0.471. The second kappa shape index (κ2) is 7.74. The van der Waals surface area contributed by atoms with Crippen molar-refractivity contribution in [3.8, 4) is 0 Å². The summed E-state index contributed by atoms with van der Waals surface area (Å²) < 4.78 is 28.3. The fourth-order valence-corrected chi connectivity index (χ4v) is 5.52. The van der Waals surface area contributed by atoms with E-state index in [0.29, 0.717) is 16.7 Å². The number of thioether (sulfide) groups is 1. The van der Waals surface area contributed by atoms with Gasteiger partial charge in [-0.15, -0.1) is 0 Å². The van der Waals surface area contributed by atoms with Crippen LogP contribution in [0, 0.1) is 13.8 Å². The molecule has 0 radical (unpaired) electrons. The van der Waals surface area contributed by atoms with Crippen LogP contribution in [0.5, 0.6) is 0 Å². The van der Waals surface area contributed by atoms with Gasteiger partial charge in [-0.2, -0.15) is 0 Å². The Balaban J connectivity index is 1.81. The molecular formula is C19H27N3O2S2. The van der Waals surface area contributed by atoms with E-state index in [4.69, 9.17) is 4.98 Å². The molecule has 1 aliphatic carbocycles. The van der Waals surface area contributed by atoms with Gasteiger partial charge in [0.05, 0.1) is 10.6 Å². The smallest absolute Gasteiger partial charge is 0.242 e. The molecule has 7 heteroatoms. The van der Waals surface area contributed by atoms with E-state index in [1.807, 2.05) is 12.1 Å². The molecule has 1 aromatic carbocycles. The molecule has 1 saturated carbocycles. The van der Waals surface area contributed by atoms with Crippen LogP contribution in [0.4, 0.5) is 0 Å². The van der Waals surface area contributed by atoms with Gasteiger partial charge >= 0.3 is 0 Å². The summed E-state index contributed by atoms with van der Waals surface area (Å²) in [6, 6.07) is 7.76. The van der Waals surface area contributed by atoms with Crippen LogP contribution in [0.15, 0.2) is 34.3 Å². The first-order valence-corrected chi connectivity index (χ1v) is 11.4. The normalized spacial score (nSPS) is 15.9. The fraction of sp³-hybridized carbons (Fsp3) is 0.526. The van der Waals surface area contributed by atoms with E-state index in [0.717, 1.165) is 16.4 Å². The standard InChI is InChI=1S/C19H27N3O2S2/c1-14-15(2)22(17-9-5-6-10-17)19(20-14)25-13-16-8-7-11-18(12-16)26(23,24)21(3)4/h7-8,11-12,17H,5-6,9-10,13H2,1-4H3. The van der Waals surface area contributed by atoms with E-state index in [1.165, 1.54) is 35.7 Å². The minimum absolute atomic E-state index is 0.340. The van der Waals surface area contributed by atoms with Crippen molar-refractivity contribution in [1.82, 2.24) is 13.9 Å². The Morgan fingerprint density at radius 3 is 2.58 bits per heavy atom. The topological polar surface area (TPSA) is 55.2 Å². The monoisotopic (exact) mass is 393 g/mol. The number of hydrogen-bond acceptors (Lipinski definition) is 4. The van der Waals surface area contributed by atoms with Gasteiger partial charge < -0.3 is 4.57 Å². The van der Waals surface area contributed by atoms with Crippen molar-refractivity contribution < 1.29 is 8.42 Å². The first-order chi connectivity index (χ1) is 12.3. The molecular weight excluding hydrogens is 366 g/mol. The van der Waals surface area contributed by atoms with Crippen molar-refractivity contribution in [2.75, 3.05) is 14.1 Å². The van der Waals surface area contributed by atoms with Crippen LogP contribution in [-0.4, -0.2) is 36.4 Å². The first-order valence-electron chi connectivity index (χ1n) is 9.00. The predicted octanol–water partition coefficient (Wildman–Crippen LogP) is 4.16. The number of hydrogen-bond donors (Lipinski definition) is 0. The third-order valence-electron chi connectivity index (χ3n) is 5.09. The number of benzene rings is 1. The minimum atomic E-state index is -3.40. The van der Waals surface area contributed by atoms with E-state index >= 15 is 0 Å². The van der Waals surface area contributed by atoms with Crippen molar-refractivity contribution >= 4 is 21.8 Å². The molecule has 0 unspecified atom stereocenters. The maximum atomic E-state index is 12.3. The molecule has 2 aromatic rings. The molecule has 0 saturated heterocycles. The van der Waals surface area contributed by atoms with E-state index in [9.17, 15) is 8.42 Å². The van der Waals surface area contributed by atoms with Gasteiger partial charge in [0.2, 0.25) is 10.0 Å². The lowest BCUT2D eigenvalue weighted by Crippen LogP contribution is -2.22. The maximum Gasteiger partial charge on any atom is 0.242 e. The highest BCUT2D eigenvalue weighted by Crippen LogP contribution is 2.36. The minimum Gasteiger partial charge on any atom is -0.320 e. The molecule has 0 bridgehead atoms. The molecule has 0 N–H and O–H groups in total. The zero-order valence-electron chi connectivity index (χ0n) is 15.9. The lowest BCUT2D eigenvalue weighted by Gasteiger charge is -2.17. The predicted molar refractivity (Wildman–Crippen MR) is 106 cm³/mol. The summed E-state index contributed by atoms with van der Waals surface area (Å²) in [6.45, 7) is 4.21. The van der Waals surface area contributed by atoms with Gasteiger partial charge in [0.1, 0.15) is 0 Å². The van der Waals surface area contributed by atoms with E-state index < -0.39 is 10.0 Å². The van der Waals surface area contributed by atoms with Gasteiger partial charge in [-0.3, -0.25) is 0 Å². The Hall–Kier alpha value is -1.31. The van der Waals surface area contributed by atoms with Gasteiger partial charge in [-0.1, -0.05) is 36.7 Å². The average molecular weight is 394 g/mol. The average Bonchev–Trinajstić information content (AvgIpc) is 3.22. The highest BCUT2D eigenvalue weighted by molar-refractivity contribution is 7.98. The summed E-state index contributed by atoms with van der Waals surface area (Å²) in [5.74, 6) is 0.708. The quantitative estimate of drug-likeness (QED) is 0.692. The Bertz CT molecular complexity index is 882. The summed E-state index contributed by atoms with van der Waals surface area (Å²) in [6.07, 6.45) is 5.02.